The molecular formula is C29H38N4O5S. The first-order valence-corrected chi connectivity index (χ1v) is 14.5. The van der Waals surface area contributed by atoms with Crippen LogP contribution in [0, 0.1) is 0 Å². The first-order valence-electron chi connectivity index (χ1n) is 13.1. The third-order valence-electron chi connectivity index (χ3n) is 6.05. The number of hydrogen-bond donors (Lipinski definition) is 3. The van der Waals surface area contributed by atoms with Gasteiger partial charge in [-0.25, -0.2) is 15.0 Å². The Kier molecular flexibility index (Phi) is 11.2. The number of hydrazone groups is 1. The van der Waals surface area contributed by atoms with Crippen LogP contribution < -0.4 is 16.1 Å². The van der Waals surface area contributed by atoms with Gasteiger partial charge in [0.05, 0.1) is 0 Å². The lowest BCUT2D eigenvalue weighted by Crippen LogP contribution is -2.46. The van der Waals surface area contributed by atoms with Crippen LogP contribution in [-0.4, -0.2) is 61.1 Å². The van der Waals surface area contributed by atoms with E-state index in [-0.39, 0.29) is 12.5 Å². The maximum absolute atomic E-state index is 12.8. The maximum atomic E-state index is 12.8. The quantitative estimate of drug-likeness (QED) is 0.192. The SMILES string of the molecule is CSC/C=N/NC(=O)[C@H](CCCCNC(=O)OC(C)(C)C)NC(=O)OCC1c2ccccc2-c2ccccc21. The largest absolute Gasteiger partial charge is 0.449 e. The Balaban J connectivity index is 1.55. The van der Waals surface area contributed by atoms with E-state index in [1.165, 1.54) is 0 Å². The molecule has 39 heavy (non-hydrogen) atoms. The standard InChI is InChI=1S/C29H38N4O5S/c1-29(2,3)38-27(35)30-16-10-9-15-25(26(34)33-31-17-18-39-4)32-28(36)37-19-24-22-13-7-5-11-20(22)21-12-6-8-14-23(21)24/h5-8,11-14,17,24-25H,9-10,15-16,18-19H2,1-4H3,(H,30,35)(H,32,36)(H,33,34)/b31-17+/t25-/m0/s1. The minimum Gasteiger partial charge on any atom is -0.449 e. The number of alkyl carbamates (subject to hydrolysis) is 2. The highest BCUT2D eigenvalue weighted by atomic mass is 32.2. The van der Waals surface area contributed by atoms with Gasteiger partial charge in [0.15, 0.2) is 0 Å². The van der Waals surface area contributed by atoms with E-state index < -0.39 is 29.7 Å². The minimum atomic E-state index is -0.839. The van der Waals surface area contributed by atoms with Gasteiger partial charge in [0, 0.05) is 24.4 Å². The first kappa shape index (κ1) is 30.0. The molecule has 0 saturated carbocycles. The smallest absolute Gasteiger partial charge is 0.407 e. The van der Waals surface area contributed by atoms with Crippen molar-refractivity contribution in [3.63, 3.8) is 0 Å². The van der Waals surface area contributed by atoms with Gasteiger partial charge >= 0.3 is 12.2 Å². The summed E-state index contributed by atoms with van der Waals surface area (Å²) in [5.74, 6) is 0.146. The van der Waals surface area contributed by atoms with E-state index >= 15 is 0 Å². The molecule has 0 heterocycles. The number of ether oxygens (including phenoxy) is 2. The normalized spacial score (nSPS) is 13.3. The fourth-order valence-electron chi connectivity index (χ4n) is 4.33. The molecule has 9 nitrogen and oxygen atoms in total. The molecule has 0 saturated heterocycles. The molecule has 10 heteroatoms. The number of rotatable bonds is 12. The van der Waals surface area contributed by atoms with Gasteiger partial charge < -0.3 is 20.1 Å². The van der Waals surface area contributed by atoms with Crippen molar-refractivity contribution in [3.8, 4) is 11.1 Å². The van der Waals surface area contributed by atoms with Gasteiger partial charge in [0.25, 0.3) is 5.91 Å². The van der Waals surface area contributed by atoms with Crippen LogP contribution in [0.2, 0.25) is 0 Å². The van der Waals surface area contributed by atoms with E-state index in [9.17, 15) is 14.4 Å². The molecule has 0 aliphatic heterocycles. The van der Waals surface area contributed by atoms with Gasteiger partial charge in [-0.1, -0.05) is 48.5 Å². The van der Waals surface area contributed by atoms with Crippen molar-refractivity contribution in [1.29, 1.82) is 0 Å². The fourth-order valence-corrected chi connectivity index (χ4v) is 4.55. The zero-order chi connectivity index (χ0) is 28.3. The van der Waals surface area contributed by atoms with E-state index in [0.29, 0.717) is 31.6 Å². The van der Waals surface area contributed by atoms with E-state index in [2.05, 4.69) is 45.4 Å². The summed E-state index contributed by atoms with van der Waals surface area (Å²) < 4.78 is 10.9. The lowest BCUT2D eigenvalue weighted by molar-refractivity contribution is -0.123. The molecule has 2 aromatic carbocycles. The number of amides is 3. The van der Waals surface area contributed by atoms with Crippen molar-refractivity contribution in [2.45, 2.75) is 57.6 Å². The Morgan fingerprint density at radius 1 is 1.00 bits per heavy atom. The molecule has 2 aromatic rings. The summed E-state index contributed by atoms with van der Waals surface area (Å²) in [6.07, 6.45) is 3.90. The molecule has 0 spiro atoms. The summed E-state index contributed by atoms with van der Waals surface area (Å²) in [6, 6.07) is 15.4. The molecular weight excluding hydrogens is 516 g/mol. The summed E-state index contributed by atoms with van der Waals surface area (Å²) in [6.45, 7) is 5.94. The summed E-state index contributed by atoms with van der Waals surface area (Å²) in [5, 5.41) is 9.33. The number of nitrogens with zero attached hydrogens (tertiary/aromatic N) is 1. The molecule has 0 aromatic heterocycles. The topological polar surface area (TPSA) is 118 Å². The molecule has 1 aliphatic carbocycles. The summed E-state index contributed by atoms with van der Waals surface area (Å²) in [5.41, 5.74) is 6.42. The van der Waals surface area contributed by atoms with Gasteiger partial charge in [0.2, 0.25) is 0 Å². The van der Waals surface area contributed by atoms with Gasteiger partial charge in [-0.2, -0.15) is 16.9 Å². The zero-order valence-corrected chi connectivity index (χ0v) is 23.8. The minimum absolute atomic E-state index is 0.0782. The Hall–Kier alpha value is -3.53. The van der Waals surface area contributed by atoms with Crippen molar-refractivity contribution in [1.82, 2.24) is 16.1 Å². The number of unbranched alkanes of at least 4 members (excludes halogenated alkanes) is 1. The van der Waals surface area contributed by atoms with Crippen LogP contribution in [0.25, 0.3) is 11.1 Å². The number of nitrogens with one attached hydrogen (secondary N) is 3. The number of carbonyl (C=O) groups is 3. The number of carbonyl (C=O) groups excluding carboxylic acids is 3. The van der Waals surface area contributed by atoms with Crippen molar-refractivity contribution < 1.29 is 23.9 Å². The second kappa shape index (κ2) is 14.6. The Morgan fingerprint density at radius 3 is 2.26 bits per heavy atom. The fraction of sp³-hybridized carbons (Fsp3) is 0.448. The highest BCUT2D eigenvalue weighted by molar-refractivity contribution is 7.99. The second-order valence-corrected chi connectivity index (χ2v) is 11.1. The van der Waals surface area contributed by atoms with Crippen molar-refractivity contribution >= 4 is 36.1 Å². The van der Waals surface area contributed by atoms with Crippen LogP contribution in [0.4, 0.5) is 9.59 Å². The van der Waals surface area contributed by atoms with Crippen LogP contribution in [0.1, 0.15) is 57.1 Å². The molecule has 0 radical (unpaired) electrons. The Bertz CT molecular complexity index is 1120. The van der Waals surface area contributed by atoms with Gasteiger partial charge in [-0.05, 0) is 68.5 Å². The highest BCUT2D eigenvalue weighted by Crippen LogP contribution is 2.44. The molecule has 1 atom stereocenters. The highest BCUT2D eigenvalue weighted by Gasteiger charge is 2.29. The van der Waals surface area contributed by atoms with Crippen molar-refractivity contribution in [3.05, 3.63) is 59.7 Å². The van der Waals surface area contributed by atoms with Crippen LogP contribution in [0.15, 0.2) is 53.6 Å². The van der Waals surface area contributed by atoms with E-state index in [4.69, 9.17) is 9.47 Å². The van der Waals surface area contributed by atoms with Crippen LogP contribution in [0.5, 0.6) is 0 Å². The number of fused-ring (bicyclic) bond motifs is 3. The predicted molar refractivity (Wildman–Crippen MR) is 155 cm³/mol. The van der Waals surface area contributed by atoms with Gasteiger partial charge in [-0.15, -0.1) is 0 Å². The first-order chi connectivity index (χ1) is 18.7. The monoisotopic (exact) mass is 554 g/mol. The summed E-state index contributed by atoms with van der Waals surface area (Å²) in [7, 11) is 0. The third kappa shape index (κ3) is 9.31. The van der Waals surface area contributed by atoms with E-state index in [1.54, 1.807) is 38.7 Å². The average Bonchev–Trinajstić information content (AvgIpc) is 3.21. The molecule has 0 unspecified atom stereocenters. The molecule has 3 amide bonds. The van der Waals surface area contributed by atoms with Crippen molar-refractivity contribution in [2.75, 3.05) is 25.2 Å². The van der Waals surface area contributed by atoms with Crippen LogP contribution in [0.3, 0.4) is 0 Å². The van der Waals surface area contributed by atoms with E-state index in [0.717, 1.165) is 22.3 Å². The molecule has 0 fully saturated rings. The Labute approximate surface area is 234 Å². The Morgan fingerprint density at radius 2 is 1.64 bits per heavy atom. The number of hydrogen-bond acceptors (Lipinski definition) is 7. The lowest BCUT2D eigenvalue weighted by Gasteiger charge is -2.20. The molecule has 1 aliphatic rings. The zero-order valence-electron chi connectivity index (χ0n) is 23.0. The summed E-state index contributed by atoms with van der Waals surface area (Å²) >= 11 is 1.57. The van der Waals surface area contributed by atoms with E-state index in [1.807, 2.05) is 30.5 Å². The number of thioether (sulfide) groups is 1. The molecule has 210 valence electrons. The van der Waals surface area contributed by atoms with Gasteiger partial charge in [-0.3, -0.25) is 4.79 Å². The van der Waals surface area contributed by atoms with Crippen molar-refractivity contribution in [2.24, 2.45) is 5.10 Å². The number of benzene rings is 2. The lowest BCUT2D eigenvalue weighted by atomic mass is 9.98. The summed E-state index contributed by atoms with van der Waals surface area (Å²) in [4.78, 5) is 37.4. The van der Waals surface area contributed by atoms with Gasteiger partial charge in [0.1, 0.15) is 18.2 Å². The third-order valence-corrected chi connectivity index (χ3v) is 6.53. The second-order valence-electron chi connectivity index (χ2n) is 10.2. The van der Waals surface area contributed by atoms with Crippen LogP contribution >= 0.6 is 11.8 Å². The average molecular weight is 555 g/mol. The van der Waals surface area contributed by atoms with Crippen LogP contribution in [-0.2, 0) is 14.3 Å². The predicted octanol–water partition coefficient (Wildman–Crippen LogP) is 5.05. The maximum Gasteiger partial charge on any atom is 0.407 e. The molecule has 3 rings (SSSR count). The molecule has 3 N–H and O–H groups in total. The molecule has 0 bridgehead atoms.